The van der Waals surface area contributed by atoms with Gasteiger partial charge in [-0.2, -0.15) is 0 Å². The molecule has 0 spiro atoms. The van der Waals surface area contributed by atoms with Gasteiger partial charge in [0.2, 0.25) is 0 Å². The summed E-state index contributed by atoms with van der Waals surface area (Å²) < 4.78 is 12.3. The first-order chi connectivity index (χ1) is 13.7. The molecule has 2 aromatic carbocycles. The van der Waals surface area contributed by atoms with Gasteiger partial charge in [-0.05, 0) is 24.5 Å². The van der Waals surface area contributed by atoms with Crippen LogP contribution in [0.1, 0.15) is 24.5 Å². The number of hydrogen-bond acceptors (Lipinski definition) is 4. The van der Waals surface area contributed by atoms with E-state index < -0.39 is 6.10 Å². The van der Waals surface area contributed by atoms with Crippen LogP contribution in [-0.2, 0) is 22.7 Å². The van der Waals surface area contributed by atoms with Gasteiger partial charge in [0.1, 0.15) is 12.2 Å². The van der Waals surface area contributed by atoms with Crippen molar-refractivity contribution in [3.05, 3.63) is 83.9 Å². The van der Waals surface area contributed by atoms with E-state index in [1.54, 1.807) is 0 Å². The van der Waals surface area contributed by atoms with Crippen molar-refractivity contribution in [3.63, 3.8) is 0 Å². The van der Waals surface area contributed by atoms with Crippen molar-refractivity contribution < 1.29 is 14.6 Å². The van der Waals surface area contributed by atoms with Crippen molar-refractivity contribution in [2.24, 2.45) is 0 Å². The largest absolute Gasteiger partial charge is 0.388 e. The van der Waals surface area contributed by atoms with Gasteiger partial charge in [0, 0.05) is 6.04 Å². The zero-order valence-electron chi connectivity index (χ0n) is 16.4. The third-order valence-electron chi connectivity index (χ3n) is 5.80. The molecule has 2 aromatic rings. The van der Waals surface area contributed by atoms with Gasteiger partial charge in [-0.1, -0.05) is 72.8 Å². The van der Waals surface area contributed by atoms with Gasteiger partial charge in [-0.15, -0.1) is 0 Å². The Hall–Kier alpha value is -1.98. The van der Waals surface area contributed by atoms with Crippen LogP contribution in [0.15, 0.2) is 72.8 Å². The van der Waals surface area contributed by atoms with Crippen LogP contribution in [0.4, 0.5) is 0 Å². The number of fused-ring (bicyclic) bond motifs is 1. The lowest BCUT2D eigenvalue weighted by molar-refractivity contribution is -0.0583. The third kappa shape index (κ3) is 4.20. The molecule has 1 saturated heterocycles. The van der Waals surface area contributed by atoms with Gasteiger partial charge in [-0.3, -0.25) is 4.90 Å². The molecule has 0 amide bonds. The molecular weight excluding hydrogens is 350 g/mol. The summed E-state index contributed by atoms with van der Waals surface area (Å²) >= 11 is 0. The summed E-state index contributed by atoms with van der Waals surface area (Å²) in [6, 6.07) is 20.7. The maximum absolute atomic E-state index is 11.0. The maximum Gasteiger partial charge on any atom is 0.103 e. The molecule has 4 rings (SSSR count). The van der Waals surface area contributed by atoms with E-state index in [1.165, 1.54) is 0 Å². The molecule has 2 heterocycles. The van der Waals surface area contributed by atoms with E-state index in [2.05, 4.69) is 48.2 Å². The zero-order valence-corrected chi connectivity index (χ0v) is 16.4. The van der Waals surface area contributed by atoms with E-state index in [4.69, 9.17) is 9.47 Å². The maximum atomic E-state index is 11.0. The minimum absolute atomic E-state index is 0.00477. The highest BCUT2D eigenvalue weighted by atomic mass is 16.5. The number of ether oxygens (including phenoxy) is 2. The van der Waals surface area contributed by atoms with Gasteiger partial charge in [0.25, 0.3) is 0 Å². The molecular formula is C24H29NO3. The van der Waals surface area contributed by atoms with Gasteiger partial charge in [0.05, 0.1) is 31.9 Å². The van der Waals surface area contributed by atoms with Gasteiger partial charge in [0.15, 0.2) is 0 Å². The van der Waals surface area contributed by atoms with Gasteiger partial charge in [-0.25, -0.2) is 0 Å². The van der Waals surface area contributed by atoms with Gasteiger partial charge >= 0.3 is 0 Å². The van der Waals surface area contributed by atoms with Crippen molar-refractivity contribution in [3.8, 4) is 0 Å². The first kappa shape index (κ1) is 19.3. The number of aliphatic hydroxyl groups is 1. The van der Waals surface area contributed by atoms with Crippen LogP contribution >= 0.6 is 0 Å². The third-order valence-corrected chi connectivity index (χ3v) is 5.80. The Kier molecular flexibility index (Phi) is 6.23. The first-order valence-electron chi connectivity index (χ1n) is 10.1. The molecule has 4 nitrogen and oxygen atoms in total. The summed E-state index contributed by atoms with van der Waals surface area (Å²) in [7, 11) is 0. The summed E-state index contributed by atoms with van der Waals surface area (Å²) in [6.07, 6.45) is 4.47. The Balaban J connectivity index is 1.45. The molecule has 1 fully saturated rings. The molecule has 2 aliphatic heterocycles. The Bertz CT molecular complexity index is 764. The Morgan fingerprint density at radius 3 is 2.29 bits per heavy atom. The molecule has 1 N–H and O–H groups in total. The Morgan fingerprint density at radius 2 is 1.61 bits per heavy atom. The topological polar surface area (TPSA) is 41.9 Å². The van der Waals surface area contributed by atoms with E-state index in [1.807, 2.05) is 36.4 Å². The Morgan fingerprint density at radius 1 is 0.964 bits per heavy atom. The molecule has 4 heteroatoms. The van der Waals surface area contributed by atoms with Crippen LogP contribution in [0, 0.1) is 0 Å². The van der Waals surface area contributed by atoms with E-state index in [9.17, 15) is 5.11 Å². The van der Waals surface area contributed by atoms with Crippen molar-refractivity contribution in [2.45, 2.75) is 56.9 Å². The number of hydrogen-bond donors (Lipinski definition) is 1. The lowest BCUT2D eigenvalue weighted by Gasteiger charge is -2.37. The van der Waals surface area contributed by atoms with Crippen LogP contribution < -0.4 is 0 Å². The highest BCUT2D eigenvalue weighted by Gasteiger charge is 2.50. The molecule has 0 bridgehead atoms. The molecule has 0 aliphatic carbocycles. The summed E-state index contributed by atoms with van der Waals surface area (Å²) in [5.41, 5.74) is 2.28. The van der Waals surface area contributed by atoms with Crippen molar-refractivity contribution >= 4 is 0 Å². The molecule has 0 unspecified atom stereocenters. The monoisotopic (exact) mass is 379 g/mol. The van der Waals surface area contributed by atoms with E-state index in [0.29, 0.717) is 25.9 Å². The van der Waals surface area contributed by atoms with Crippen molar-refractivity contribution in [2.75, 3.05) is 6.61 Å². The average Bonchev–Trinajstić information content (AvgIpc) is 3.01. The lowest BCUT2D eigenvalue weighted by atomic mass is 10.0. The highest BCUT2D eigenvalue weighted by molar-refractivity contribution is 5.17. The minimum atomic E-state index is -0.548. The normalized spacial score (nSPS) is 29.7. The predicted octanol–water partition coefficient (Wildman–Crippen LogP) is 3.55. The molecule has 2 aliphatic rings. The average molecular weight is 380 g/mol. The molecule has 0 saturated carbocycles. The fourth-order valence-corrected chi connectivity index (χ4v) is 4.39. The Labute approximate surface area is 167 Å². The number of nitrogens with zero attached hydrogens (tertiary/aromatic N) is 1. The molecule has 148 valence electrons. The fraction of sp³-hybridized carbons (Fsp3) is 0.417. The van der Waals surface area contributed by atoms with Crippen LogP contribution in [0.3, 0.4) is 0 Å². The van der Waals surface area contributed by atoms with Crippen LogP contribution in [0.5, 0.6) is 0 Å². The summed E-state index contributed by atoms with van der Waals surface area (Å²) in [5, 5.41) is 11.0. The summed E-state index contributed by atoms with van der Waals surface area (Å²) in [5.74, 6) is 0. The molecule has 0 aromatic heterocycles. The lowest BCUT2D eigenvalue weighted by Crippen LogP contribution is -2.48. The van der Waals surface area contributed by atoms with Crippen molar-refractivity contribution in [1.29, 1.82) is 0 Å². The standard InChI is InChI=1S/C24H29NO3/c1-18-9-8-14-21-23(26)24(28-16-20-12-6-3-7-13-20)22(25(18)21)17-27-15-19-10-4-2-5-11-19/h2-8,10-14,18,21-24,26H,9,15-17H2,1H3/t18-,21-,22-,23-,24+/m1/s1. The molecule has 5 atom stereocenters. The second kappa shape index (κ2) is 9.01. The van der Waals surface area contributed by atoms with Gasteiger partial charge < -0.3 is 14.6 Å². The van der Waals surface area contributed by atoms with E-state index >= 15 is 0 Å². The van der Waals surface area contributed by atoms with Crippen LogP contribution in [-0.4, -0.2) is 46.9 Å². The smallest absolute Gasteiger partial charge is 0.103 e. The van der Waals surface area contributed by atoms with Crippen molar-refractivity contribution in [1.82, 2.24) is 4.90 Å². The quantitative estimate of drug-likeness (QED) is 0.747. The second-order valence-corrected chi connectivity index (χ2v) is 7.77. The molecule has 0 radical (unpaired) electrons. The summed E-state index contributed by atoms with van der Waals surface area (Å²) in [6.45, 7) is 3.82. The first-order valence-corrected chi connectivity index (χ1v) is 10.1. The number of aliphatic hydroxyl groups excluding tert-OH is 1. The summed E-state index contributed by atoms with van der Waals surface area (Å²) in [4.78, 5) is 2.38. The second-order valence-electron chi connectivity index (χ2n) is 7.77. The zero-order chi connectivity index (χ0) is 19.3. The number of rotatable bonds is 7. The fourth-order valence-electron chi connectivity index (χ4n) is 4.39. The SMILES string of the molecule is C[C@@H]1CC=C[C@@H]2[C@@H](O)[C@@H](OCc3ccccc3)[C@@H](COCc3ccccc3)N12. The van der Waals surface area contributed by atoms with E-state index in [-0.39, 0.29) is 18.2 Å². The van der Waals surface area contributed by atoms with Crippen LogP contribution in [0.25, 0.3) is 0 Å². The number of benzene rings is 2. The predicted molar refractivity (Wildman–Crippen MR) is 110 cm³/mol. The van der Waals surface area contributed by atoms with Crippen LogP contribution in [0.2, 0.25) is 0 Å². The van der Waals surface area contributed by atoms with E-state index in [0.717, 1.165) is 17.5 Å². The molecule has 28 heavy (non-hydrogen) atoms. The highest BCUT2D eigenvalue weighted by Crippen LogP contribution is 2.34. The minimum Gasteiger partial charge on any atom is -0.388 e.